The molecule has 0 saturated heterocycles. The fraction of sp³-hybridized carbons (Fsp3) is 0.400. The summed E-state index contributed by atoms with van der Waals surface area (Å²) >= 11 is 0. The zero-order valence-corrected chi connectivity index (χ0v) is 18.8. The third-order valence-electron chi connectivity index (χ3n) is 5.38. The molecule has 6 nitrogen and oxygen atoms in total. The van der Waals surface area contributed by atoms with Crippen LogP contribution in [0.3, 0.4) is 0 Å². The summed E-state index contributed by atoms with van der Waals surface area (Å²) in [5, 5.41) is 3.65. The van der Waals surface area contributed by atoms with Gasteiger partial charge in [-0.05, 0) is 37.0 Å². The largest absolute Gasteiger partial charge is 0.334 e. The molecule has 0 spiro atoms. The molecule has 2 amide bonds. The van der Waals surface area contributed by atoms with Gasteiger partial charge in [-0.1, -0.05) is 63.2 Å². The first kappa shape index (κ1) is 22.5. The lowest BCUT2D eigenvalue weighted by Gasteiger charge is -2.33. The molecule has 31 heavy (non-hydrogen) atoms. The number of urea groups is 1. The van der Waals surface area contributed by atoms with Crippen LogP contribution in [0.1, 0.15) is 51.5 Å². The number of fused-ring (bicyclic) bond motifs is 1. The molecule has 0 aliphatic rings. The smallest absolute Gasteiger partial charge is 0.318 e. The number of aromatic nitrogens is 2. The van der Waals surface area contributed by atoms with E-state index in [1.54, 1.807) is 10.6 Å². The van der Waals surface area contributed by atoms with Crippen molar-refractivity contribution >= 4 is 16.9 Å². The number of nitrogens with zero attached hydrogens (tertiary/aromatic N) is 3. The van der Waals surface area contributed by atoms with E-state index in [0.717, 1.165) is 5.56 Å². The van der Waals surface area contributed by atoms with Crippen molar-refractivity contribution in [2.75, 3.05) is 6.54 Å². The highest BCUT2D eigenvalue weighted by Gasteiger charge is 2.28. The average Bonchev–Trinajstić information content (AvgIpc) is 2.78. The van der Waals surface area contributed by atoms with E-state index in [1.165, 1.54) is 0 Å². The monoisotopic (exact) mass is 420 g/mol. The first-order valence-electron chi connectivity index (χ1n) is 11.0. The Morgan fingerprint density at radius 3 is 2.39 bits per heavy atom. The maximum absolute atomic E-state index is 13.3. The summed E-state index contributed by atoms with van der Waals surface area (Å²) in [6, 6.07) is 16.8. The van der Waals surface area contributed by atoms with Crippen LogP contribution < -0.4 is 10.9 Å². The van der Waals surface area contributed by atoms with E-state index in [9.17, 15) is 9.59 Å². The Balaban J connectivity index is 1.99. The highest BCUT2D eigenvalue weighted by Crippen LogP contribution is 2.25. The maximum atomic E-state index is 13.3. The summed E-state index contributed by atoms with van der Waals surface area (Å²) in [6.45, 7) is 9.68. The molecule has 6 heteroatoms. The molecule has 1 N–H and O–H groups in total. The number of rotatable bonds is 8. The second-order valence-electron chi connectivity index (χ2n) is 8.15. The SMILES string of the molecule is CCC(c1nc2ccccc2c(=O)n1CC)N(CC(C)C)C(=O)NCc1ccccc1. The van der Waals surface area contributed by atoms with Gasteiger partial charge in [-0.25, -0.2) is 9.78 Å². The summed E-state index contributed by atoms with van der Waals surface area (Å²) in [5.74, 6) is 0.919. The predicted molar refractivity (Wildman–Crippen MR) is 125 cm³/mol. The van der Waals surface area contributed by atoms with Gasteiger partial charge < -0.3 is 10.2 Å². The fourth-order valence-electron chi connectivity index (χ4n) is 3.91. The number of carbonyl (C=O) groups is 1. The molecule has 3 rings (SSSR count). The number of amides is 2. The van der Waals surface area contributed by atoms with E-state index in [1.807, 2.05) is 67.3 Å². The minimum Gasteiger partial charge on any atom is -0.334 e. The van der Waals surface area contributed by atoms with Crippen LogP contribution >= 0.6 is 0 Å². The second-order valence-corrected chi connectivity index (χ2v) is 8.15. The Hall–Kier alpha value is -3.15. The molecule has 0 saturated carbocycles. The Morgan fingerprint density at radius 2 is 1.74 bits per heavy atom. The van der Waals surface area contributed by atoms with Gasteiger partial charge in [0.2, 0.25) is 0 Å². The summed E-state index contributed by atoms with van der Waals surface area (Å²) in [5.41, 5.74) is 1.65. The van der Waals surface area contributed by atoms with Crippen LogP contribution in [0.4, 0.5) is 4.79 Å². The molecule has 1 atom stereocenters. The van der Waals surface area contributed by atoms with Crippen molar-refractivity contribution in [2.24, 2.45) is 5.92 Å². The van der Waals surface area contributed by atoms with E-state index in [2.05, 4.69) is 19.2 Å². The molecule has 1 unspecified atom stereocenters. The van der Waals surface area contributed by atoms with Crippen molar-refractivity contribution in [1.82, 2.24) is 19.8 Å². The first-order chi connectivity index (χ1) is 15.0. The Bertz CT molecular complexity index is 1080. The molecule has 0 aliphatic carbocycles. The zero-order chi connectivity index (χ0) is 22.4. The summed E-state index contributed by atoms with van der Waals surface area (Å²) in [7, 11) is 0. The van der Waals surface area contributed by atoms with Gasteiger partial charge in [-0.3, -0.25) is 9.36 Å². The lowest BCUT2D eigenvalue weighted by atomic mass is 10.1. The molecule has 0 bridgehead atoms. The third-order valence-corrected chi connectivity index (χ3v) is 5.38. The van der Waals surface area contributed by atoms with E-state index < -0.39 is 0 Å². The van der Waals surface area contributed by atoms with Crippen molar-refractivity contribution in [2.45, 2.75) is 53.2 Å². The van der Waals surface area contributed by atoms with Gasteiger partial charge in [-0.15, -0.1) is 0 Å². The molecule has 1 heterocycles. The summed E-state index contributed by atoms with van der Waals surface area (Å²) in [6.07, 6.45) is 0.663. The number of benzene rings is 2. The van der Waals surface area contributed by atoms with Gasteiger partial charge in [0.1, 0.15) is 5.82 Å². The quantitative estimate of drug-likeness (QED) is 0.573. The number of hydrogen-bond acceptors (Lipinski definition) is 3. The van der Waals surface area contributed by atoms with Crippen LogP contribution in [0.2, 0.25) is 0 Å². The Labute approximate surface area is 183 Å². The molecule has 0 aliphatic heterocycles. The number of nitrogens with one attached hydrogen (secondary N) is 1. The van der Waals surface area contributed by atoms with Crippen LogP contribution in [0, 0.1) is 5.92 Å². The highest BCUT2D eigenvalue weighted by atomic mass is 16.2. The average molecular weight is 421 g/mol. The highest BCUT2D eigenvalue weighted by molar-refractivity contribution is 5.78. The minimum absolute atomic E-state index is 0.0595. The lowest BCUT2D eigenvalue weighted by Crippen LogP contribution is -2.45. The van der Waals surface area contributed by atoms with Gasteiger partial charge >= 0.3 is 6.03 Å². The van der Waals surface area contributed by atoms with Crippen LogP contribution in [0.15, 0.2) is 59.4 Å². The molecule has 0 fully saturated rings. The Kier molecular flexibility index (Phi) is 7.45. The standard InChI is InChI=1S/C25H32N4O2/c1-5-22(23-27-21-15-11-10-14-20(21)24(30)28(23)6-2)29(17-18(3)4)25(31)26-16-19-12-8-7-9-13-19/h7-15,18,22H,5-6,16-17H2,1-4H3,(H,26,31). The molecule has 2 aromatic carbocycles. The number of para-hydroxylation sites is 1. The van der Waals surface area contributed by atoms with Crippen molar-refractivity contribution in [3.05, 3.63) is 76.3 Å². The van der Waals surface area contributed by atoms with E-state index >= 15 is 0 Å². The van der Waals surface area contributed by atoms with Gasteiger partial charge in [0.25, 0.3) is 5.56 Å². The van der Waals surface area contributed by atoms with Crippen LogP contribution in [-0.4, -0.2) is 27.0 Å². The first-order valence-corrected chi connectivity index (χ1v) is 11.0. The van der Waals surface area contributed by atoms with Gasteiger partial charge in [-0.2, -0.15) is 0 Å². The molecule has 164 valence electrons. The minimum atomic E-state index is -0.296. The van der Waals surface area contributed by atoms with Crippen LogP contribution in [0.5, 0.6) is 0 Å². The molecular formula is C25H32N4O2. The molecule has 3 aromatic rings. The van der Waals surface area contributed by atoms with Crippen LogP contribution in [0.25, 0.3) is 10.9 Å². The predicted octanol–water partition coefficient (Wildman–Crippen LogP) is 4.74. The molecule has 0 radical (unpaired) electrons. The van der Waals surface area contributed by atoms with Crippen LogP contribution in [-0.2, 0) is 13.1 Å². The number of hydrogen-bond donors (Lipinski definition) is 1. The normalized spacial score (nSPS) is 12.2. The van der Waals surface area contributed by atoms with Crippen molar-refractivity contribution in [3.63, 3.8) is 0 Å². The zero-order valence-electron chi connectivity index (χ0n) is 18.8. The number of carbonyl (C=O) groups excluding carboxylic acids is 1. The molecule has 1 aromatic heterocycles. The van der Waals surface area contributed by atoms with Gasteiger partial charge in [0.05, 0.1) is 16.9 Å². The summed E-state index contributed by atoms with van der Waals surface area (Å²) in [4.78, 5) is 33.1. The van der Waals surface area contributed by atoms with E-state index in [-0.39, 0.29) is 23.6 Å². The van der Waals surface area contributed by atoms with Crippen molar-refractivity contribution < 1.29 is 4.79 Å². The maximum Gasteiger partial charge on any atom is 0.318 e. The second kappa shape index (κ2) is 10.2. The van der Waals surface area contributed by atoms with E-state index in [4.69, 9.17) is 4.98 Å². The summed E-state index contributed by atoms with van der Waals surface area (Å²) < 4.78 is 1.70. The van der Waals surface area contributed by atoms with E-state index in [0.29, 0.717) is 42.8 Å². The Morgan fingerprint density at radius 1 is 1.06 bits per heavy atom. The van der Waals surface area contributed by atoms with Crippen molar-refractivity contribution in [1.29, 1.82) is 0 Å². The third kappa shape index (κ3) is 5.13. The molecular weight excluding hydrogens is 388 g/mol. The fourth-order valence-corrected chi connectivity index (χ4v) is 3.91. The topological polar surface area (TPSA) is 67.2 Å². The van der Waals surface area contributed by atoms with Gasteiger partial charge in [0, 0.05) is 19.6 Å². The lowest BCUT2D eigenvalue weighted by molar-refractivity contribution is 0.157. The van der Waals surface area contributed by atoms with Gasteiger partial charge in [0.15, 0.2) is 0 Å². The van der Waals surface area contributed by atoms with Crippen molar-refractivity contribution in [3.8, 4) is 0 Å².